The molecule has 0 aliphatic carbocycles. The lowest BCUT2D eigenvalue weighted by Gasteiger charge is -2.41. The number of anilines is 1. The average Bonchev–Trinajstić information content (AvgIpc) is 2.55. The van der Waals surface area contributed by atoms with Crippen molar-refractivity contribution in [1.82, 2.24) is 9.88 Å². The van der Waals surface area contributed by atoms with E-state index in [0.717, 1.165) is 57.2 Å². The minimum absolute atomic E-state index is 0.517. The zero-order chi connectivity index (χ0) is 15.9. The van der Waals surface area contributed by atoms with Crippen molar-refractivity contribution in [2.24, 2.45) is 0 Å². The molecule has 2 rings (SSSR count). The molecule has 0 saturated carbocycles. The molecule has 0 bridgehead atoms. The van der Waals surface area contributed by atoms with Gasteiger partial charge in [0, 0.05) is 38.8 Å². The van der Waals surface area contributed by atoms with Crippen molar-refractivity contribution in [2.45, 2.75) is 33.2 Å². The molecule has 0 amide bonds. The van der Waals surface area contributed by atoms with E-state index in [-0.39, 0.29) is 0 Å². The molecule has 1 aromatic heterocycles. The number of rotatable bonds is 6. The topological polar surface area (TPSA) is 52.4 Å². The molecule has 1 aliphatic heterocycles. The van der Waals surface area contributed by atoms with Gasteiger partial charge in [0.2, 0.25) is 0 Å². The number of nitrogens with zero attached hydrogens (tertiary/aromatic N) is 4. The van der Waals surface area contributed by atoms with E-state index in [0.29, 0.717) is 11.7 Å². The van der Waals surface area contributed by atoms with E-state index in [1.165, 1.54) is 0 Å². The number of piperazine rings is 1. The first-order valence-electron chi connectivity index (χ1n) is 8.14. The number of ether oxygens (including phenoxy) is 1. The van der Waals surface area contributed by atoms with E-state index in [4.69, 9.17) is 10.00 Å². The highest BCUT2D eigenvalue weighted by Crippen LogP contribution is 2.20. The summed E-state index contributed by atoms with van der Waals surface area (Å²) in [6, 6.07) is 6.71. The Bertz CT molecular complexity index is 526. The fourth-order valence-corrected chi connectivity index (χ4v) is 2.92. The van der Waals surface area contributed by atoms with Gasteiger partial charge in [-0.05, 0) is 31.9 Å². The van der Waals surface area contributed by atoms with Crippen LogP contribution in [0.3, 0.4) is 0 Å². The molecule has 1 fully saturated rings. The van der Waals surface area contributed by atoms with E-state index >= 15 is 0 Å². The monoisotopic (exact) mass is 302 g/mol. The zero-order valence-corrected chi connectivity index (χ0v) is 13.9. The number of hydrogen-bond acceptors (Lipinski definition) is 5. The van der Waals surface area contributed by atoms with E-state index in [1.807, 2.05) is 26.0 Å². The molecule has 1 aromatic rings. The molecule has 5 heteroatoms. The van der Waals surface area contributed by atoms with Gasteiger partial charge in [0.1, 0.15) is 17.6 Å². The smallest absolute Gasteiger partial charge is 0.145 e. The first-order chi connectivity index (χ1) is 10.7. The summed E-state index contributed by atoms with van der Waals surface area (Å²) < 4.78 is 5.48. The van der Waals surface area contributed by atoms with E-state index in [1.54, 1.807) is 0 Å². The van der Waals surface area contributed by atoms with E-state index < -0.39 is 0 Å². The fraction of sp³-hybridized carbons (Fsp3) is 0.647. The van der Waals surface area contributed by atoms with Crippen molar-refractivity contribution >= 4 is 5.82 Å². The van der Waals surface area contributed by atoms with Gasteiger partial charge in [-0.2, -0.15) is 5.26 Å². The van der Waals surface area contributed by atoms with Gasteiger partial charge in [-0.3, -0.25) is 4.90 Å². The van der Waals surface area contributed by atoms with Crippen LogP contribution in [0.4, 0.5) is 5.82 Å². The largest absolute Gasteiger partial charge is 0.380 e. The highest BCUT2D eigenvalue weighted by Gasteiger charge is 2.26. The number of pyridine rings is 1. The Morgan fingerprint density at radius 3 is 2.86 bits per heavy atom. The highest BCUT2D eigenvalue weighted by molar-refractivity contribution is 5.45. The third kappa shape index (κ3) is 3.96. The summed E-state index contributed by atoms with van der Waals surface area (Å²) in [5, 5.41) is 9.15. The van der Waals surface area contributed by atoms with Gasteiger partial charge in [0.05, 0.1) is 6.61 Å². The summed E-state index contributed by atoms with van der Waals surface area (Å²) in [5.74, 6) is 0.921. The predicted molar refractivity (Wildman–Crippen MR) is 88.0 cm³/mol. The Morgan fingerprint density at radius 1 is 1.36 bits per heavy atom. The zero-order valence-electron chi connectivity index (χ0n) is 13.9. The first kappa shape index (κ1) is 16.7. The molecule has 1 unspecified atom stereocenters. The standard InChI is InChI=1S/C17H26N4O/c1-4-15-13-21(9-8-20(15)10-11-22-5-2)17-7-6-14(3)16(12-18)19-17/h6-7,15H,4-5,8-11,13H2,1-3H3. The first-order valence-corrected chi connectivity index (χ1v) is 8.14. The highest BCUT2D eigenvalue weighted by atomic mass is 16.5. The maximum absolute atomic E-state index is 9.15. The van der Waals surface area contributed by atoms with Crippen molar-refractivity contribution in [3.8, 4) is 6.07 Å². The minimum atomic E-state index is 0.517. The number of aryl methyl sites for hydroxylation is 1. The predicted octanol–water partition coefficient (Wildman–Crippen LogP) is 2.20. The molecule has 1 atom stereocenters. The number of nitriles is 1. The molecule has 22 heavy (non-hydrogen) atoms. The third-order valence-corrected chi connectivity index (χ3v) is 4.32. The van der Waals surface area contributed by atoms with E-state index in [9.17, 15) is 0 Å². The minimum Gasteiger partial charge on any atom is -0.380 e. The van der Waals surface area contributed by atoms with Crippen LogP contribution in [-0.2, 0) is 4.74 Å². The summed E-state index contributed by atoms with van der Waals surface area (Å²) in [7, 11) is 0. The van der Waals surface area contributed by atoms with Gasteiger partial charge >= 0.3 is 0 Å². The molecule has 2 heterocycles. The quantitative estimate of drug-likeness (QED) is 0.754. The second-order valence-corrected chi connectivity index (χ2v) is 5.69. The Labute approximate surface area is 133 Å². The molecule has 1 saturated heterocycles. The SMILES string of the molecule is CCOCCN1CCN(c2ccc(C)c(C#N)n2)CC1CC. The van der Waals surface area contributed by atoms with Crippen LogP contribution >= 0.6 is 0 Å². The number of aromatic nitrogens is 1. The molecule has 0 spiro atoms. The lowest BCUT2D eigenvalue weighted by molar-refractivity contribution is 0.0869. The molecular weight excluding hydrogens is 276 g/mol. The molecule has 1 aliphatic rings. The van der Waals surface area contributed by atoms with Crippen molar-refractivity contribution in [1.29, 1.82) is 5.26 Å². The van der Waals surface area contributed by atoms with Crippen LogP contribution in [0.5, 0.6) is 0 Å². The Kier molecular flexibility index (Phi) is 6.17. The van der Waals surface area contributed by atoms with Crippen LogP contribution in [0.2, 0.25) is 0 Å². The number of hydrogen-bond donors (Lipinski definition) is 0. The van der Waals surface area contributed by atoms with Gasteiger partial charge in [0.25, 0.3) is 0 Å². The lowest BCUT2D eigenvalue weighted by atomic mass is 10.1. The molecular formula is C17H26N4O. The van der Waals surface area contributed by atoms with Crippen LogP contribution in [0.15, 0.2) is 12.1 Å². The van der Waals surface area contributed by atoms with Crippen molar-refractivity contribution in [2.75, 3.05) is 44.3 Å². The van der Waals surface area contributed by atoms with Gasteiger partial charge in [0.15, 0.2) is 0 Å². The molecule has 120 valence electrons. The van der Waals surface area contributed by atoms with Crippen LogP contribution in [-0.4, -0.2) is 55.3 Å². The molecule has 0 N–H and O–H groups in total. The second-order valence-electron chi connectivity index (χ2n) is 5.69. The van der Waals surface area contributed by atoms with Gasteiger partial charge < -0.3 is 9.64 Å². The summed E-state index contributed by atoms with van der Waals surface area (Å²) in [6.07, 6.45) is 1.11. The van der Waals surface area contributed by atoms with E-state index in [2.05, 4.69) is 27.8 Å². The summed E-state index contributed by atoms with van der Waals surface area (Å²) in [4.78, 5) is 9.31. The van der Waals surface area contributed by atoms with Gasteiger partial charge in [-0.25, -0.2) is 4.98 Å². The van der Waals surface area contributed by atoms with Gasteiger partial charge in [-0.15, -0.1) is 0 Å². The summed E-state index contributed by atoms with van der Waals surface area (Å²) >= 11 is 0. The Hall–Kier alpha value is -1.64. The average molecular weight is 302 g/mol. The van der Waals surface area contributed by atoms with Crippen LogP contribution in [0.25, 0.3) is 0 Å². The fourth-order valence-electron chi connectivity index (χ4n) is 2.92. The lowest BCUT2D eigenvalue weighted by Crippen LogP contribution is -2.54. The third-order valence-electron chi connectivity index (χ3n) is 4.32. The van der Waals surface area contributed by atoms with Crippen LogP contribution < -0.4 is 4.90 Å². The van der Waals surface area contributed by atoms with Crippen molar-refractivity contribution < 1.29 is 4.74 Å². The molecule has 0 aromatic carbocycles. The molecule has 5 nitrogen and oxygen atoms in total. The Balaban J connectivity index is 2.02. The maximum Gasteiger partial charge on any atom is 0.145 e. The van der Waals surface area contributed by atoms with Crippen molar-refractivity contribution in [3.05, 3.63) is 23.4 Å². The second kappa shape index (κ2) is 8.11. The summed E-state index contributed by atoms with van der Waals surface area (Å²) in [6.45, 7) is 11.7. The van der Waals surface area contributed by atoms with Crippen LogP contribution in [0.1, 0.15) is 31.5 Å². The van der Waals surface area contributed by atoms with Gasteiger partial charge in [-0.1, -0.05) is 13.0 Å². The molecule has 0 radical (unpaired) electrons. The maximum atomic E-state index is 9.15. The normalized spacial score (nSPS) is 19.2. The summed E-state index contributed by atoms with van der Waals surface area (Å²) in [5.41, 5.74) is 1.47. The van der Waals surface area contributed by atoms with Crippen molar-refractivity contribution in [3.63, 3.8) is 0 Å². The Morgan fingerprint density at radius 2 is 2.18 bits per heavy atom. The van der Waals surface area contributed by atoms with Crippen LogP contribution in [0, 0.1) is 18.3 Å².